The molecule has 4 nitrogen and oxygen atoms in total. The minimum atomic E-state index is 0.257. The summed E-state index contributed by atoms with van der Waals surface area (Å²) in [5.74, 6) is 1.19. The van der Waals surface area contributed by atoms with Crippen LogP contribution in [0.4, 0.5) is 0 Å². The molecule has 2 N–H and O–H groups in total. The van der Waals surface area contributed by atoms with Gasteiger partial charge >= 0.3 is 0 Å². The SMILES string of the molecule is Cc1ccc(O)c(C=NCCc2nc3ccccc3[nH]2)c1. The number of H-pyrrole nitrogens is 1. The van der Waals surface area contributed by atoms with Crippen molar-refractivity contribution in [2.75, 3.05) is 6.54 Å². The average molecular weight is 279 g/mol. The molecule has 4 heteroatoms. The summed E-state index contributed by atoms with van der Waals surface area (Å²) in [7, 11) is 0. The molecule has 0 aliphatic rings. The quantitative estimate of drug-likeness (QED) is 0.720. The molecule has 0 amide bonds. The number of para-hydroxylation sites is 2. The molecule has 0 saturated heterocycles. The molecule has 3 rings (SSSR count). The Kier molecular flexibility index (Phi) is 3.69. The van der Waals surface area contributed by atoms with Crippen LogP contribution in [0.1, 0.15) is 17.0 Å². The van der Waals surface area contributed by atoms with E-state index in [1.807, 2.05) is 43.3 Å². The van der Waals surface area contributed by atoms with Crippen LogP contribution in [0.15, 0.2) is 47.5 Å². The fourth-order valence-corrected chi connectivity index (χ4v) is 2.23. The molecule has 0 aliphatic heterocycles. The lowest BCUT2D eigenvalue weighted by Gasteiger charge is -1.99. The number of phenols is 1. The van der Waals surface area contributed by atoms with Gasteiger partial charge in [0, 0.05) is 24.7 Å². The molecule has 106 valence electrons. The topological polar surface area (TPSA) is 61.3 Å². The average Bonchev–Trinajstić information content (AvgIpc) is 2.89. The number of fused-ring (bicyclic) bond motifs is 1. The summed E-state index contributed by atoms with van der Waals surface area (Å²) in [5, 5.41) is 9.74. The molecule has 0 unspecified atom stereocenters. The van der Waals surface area contributed by atoms with E-state index in [-0.39, 0.29) is 5.75 Å². The number of aromatic hydroxyl groups is 1. The highest BCUT2D eigenvalue weighted by Crippen LogP contribution is 2.16. The predicted octanol–water partition coefficient (Wildman–Crippen LogP) is 3.24. The highest BCUT2D eigenvalue weighted by molar-refractivity contribution is 5.83. The number of hydrogen-bond donors (Lipinski definition) is 2. The van der Waals surface area contributed by atoms with Gasteiger partial charge < -0.3 is 10.1 Å². The largest absolute Gasteiger partial charge is 0.507 e. The first-order valence-electron chi connectivity index (χ1n) is 6.95. The third kappa shape index (κ3) is 3.11. The predicted molar refractivity (Wildman–Crippen MR) is 85.1 cm³/mol. The van der Waals surface area contributed by atoms with Crippen molar-refractivity contribution in [1.29, 1.82) is 0 Å². The minimum absolute atomic E-state index is 0.257. The van der Waals surface area contributed by atoms with Gasteiger partial charge in [-0.3, -0.25) is 4.99 Å². The smallest absolute Gasteiger partial charge is 0.124 e. The van der Waals surface area contributed by atoms with Gasteiger partial charge in [0.2, 0.25) is 0 Å². The summed E-state index contributed by atoms with van der Waals surface area (Å²) in [5.41, 5.74) is 3.88. The Morgan fingerprint density at radius 1 is 1.24 bits per heavy atom. The number of phenolic OH excluding ortho intramolecular Hbond substituents is 1. The van der Waals surface area contributed by atoms with Crippen molar-refractivity contribution in [3.05, 3.63) is 59.4 Å². The fraction of sp³-hybridized carbons (Fsp3) is 0.176. The monoisotopic (exact) mass is 279 g/mol. The number of aliphatic imine (C=N–C) groups is 1. The Morgan fingerprint density at radius 3 is 2.95 bits per heavy atom. The van der Waals surface area contributed by atoms with Gasteiger partial charge in [-0.25, -0.2) is 4.98 Å². The molecular weight excluding hydrogens is 262 g/mol. The van der Waals surface area contributed by atoms with E-state index in [1.165, 1.54) is 0 Å². The summed E-state index contributed by atoms with van der Waals surface area (Å²) in [6.45, 7) is 2.62. The van der Waals surface area contributed by atoms with E-state index >= 15 is 0 Å². The van der Waals surface area contributed by atoms with Crippen molar-refractivity contribution in [3.8, 4) is 5.75 Å². The van der Waals surface area contributed by atoms with Crippen molar-refractivity contribution < 1.29 is 5.11 Å². The van der Waals surface area contributed by atoms with Gasteiger partial charge in [0.1, 0.15) is 11.6 Å². The van der Waals surface area contributed by atoms with Crippen LogP contribution in [0, 0.1) is 6.92 Å². The van der Waals surface area contributed by atoms with E-state index in [0.29, 0.717) is 6.54 Å². The van der Waals surface area contributed by atoms with Crippen LogP contribution < -0.4 is 0 Å². The van der Waals surface area contributed by atoms with Crippen molar-refractivity contribution in [2.24, 2.45) is 4.99 Å². The Bertz CT molecular complexity index is 757. The van der Waals surface area contributed by atoms with Gasteiger partial charge in [-0.05, 0) is 31.2 Å². The lowest BCUT2D eigenvalue weighted by atomic mass is 10.1. The number of hydrogen-bond acceptors (Lipinski definition) is 3. The molecule has 0 atom stereocenters. The molecule has 0 bridgehead atoms. The highest BCUT2D eigenvalue weighted by Gasteiger charge is 2.01. The maximum atomic E-state index is 9.74. The van der Waals surface area contributed by atoms with Crippen LogP contribution in [-0.4, -0.2) is 27.8 Å². The fourth-order valence-electron chi connectivity index (χ4n) is 2.23. The van der Waals surface area contributed by atoms with Gasteiger partial charge in [0.05, 0.1) is 11.0 Å². The molecule has 1 heterocycles. The standard InChI is InChI=1S/C17H17N3O/c1-12-6-7-16(21)13(10-12)11-18-9-8-17-19-14-4-2-3-5-15(14)20-17/h2-7,10-11,21H,8-9H2,1H3,(H,19,20). The third-order valence-electron chi connectivity index (χ3n) is 3.33. The van der Waals surface area contributed by atoms with E-state index in [4.69, 9.17) is 0 Å². The summed E-state index contributed by atoms with van der Waals surface area (Å²) < 4.78 is 0. The summed E-state index contributed by atoms with van der Waals surface area (Å²) in [4.78, 5) is 12.2. The van der Waals surface area contributed by atoms with Crippen molar-refractivity contribution in [1.82, 2.24) is 9.97 Å². The number of nitrogens with zero attached hydrogens (tertiary/aromatic N) is 2. The van der Waals surface area contributed by atoms with Crippen LogP contribution >= 0.6 is 0 Å². The maximum absolute atomic E-state index is 9.74. The van der Waals surface area contributed by atoms with E-state index in [2.05, 4.69) is 15.0 Å². The van der Waals surface area contributed by atoms with Gasteiger partial charge in [0.25, 0.3) is 0 Å². The molecule has 1 aromatic heterocycles. The maximum Gasteiger partial charge on any atom is 0.124 e. The van der Waals surface area contributed by atoms with E-state index in [0.717, 1.165) is 34.4 Å². The first-order chi connectivity index (χ1) is 10.2. The first kappa shape index (κ1) is 13.4. The Morgan fingerprint density at radius 2 is 2.10 bits per heavy atom. The Labute approximate surface area is 123 Å². The van der Waals surface area contributed by atoms with Gasteiger partial charge in [-0.1, -0.05) is 23.8 Å². The number of imidazole rings is 1. The van der Waals surface area contributed by atoms with Crippen molar-refractivity contribution in [2.45, 2.75) is 13.3 Å². The molecule has 0 spiro atoms. The van der Waals surface area contributed by atoms with Crippen molar-refractivity contribution >= 4 is 17.2 Å². The minimum Gasteiger partial charge on any atom is -0.507 e. The number of aromatic amines is 1. The Balaban J connectivity index is 1.65. The lowest BCUT2D eigenvalue weighted by Crippen LogP contribution is -1.93. The second kappa shape index (κ2) is 5.79. The summed E-state index contributed by atoms with van der Waals surface area (Å²) in [6.07, 6.45) is 2.46. The molecule has 3 aromatic rings. The second-order valence-corrected chi connectivity index (χ2v) is 5.05. The lowest BCUT2D eigenvalue weighted by molar-refractivity contribution is 0.474. The molecular formula is C17H17N3O. The third-order valence-corrected chi connectivity index (χ3v) is 3.33. The number of aryl methyl sites for hydroxylation is 1. The summed E-state index contributed by atoms with van der Waals surface area (Å²) in [6, 6.07) is 13.5. The number of benzene rings is 2. The molecule has 2 aromatic carbocycles. The molecule has 0 aliphatic carbocycles. The highest BCUT2D eigenvalue weighted by atomic mass is 16.3. The Hall–Kier alpha value is -2.62. The number of nitrogens with one attached hydrogen (secondary N) is 1. The van der Waals surface area contributed by atoms with Crippen LogP contribution in [0.3, 0.4) is 0 Å². The zero-order chi connectivity index (χ0) is 14.7. The van der Waals surface area contributed by atoms with Crippen LogP contribution in [0.25, 0.3) is 11.0 Å². The first-order valence-corrected chi connectivity index (χ1v) is 6.95. The molecule has 21 heavy (non-hydrogen) atoms. The van der Waals surface area contributed by atoms with E-state index < -0.39 is 0 Å². The van der Waals surface area contributed by atoms with Gasteiger partial charge in [-0.2, -0.15) is 0 Å². The van der Waals surface area contributed by atoms with Crippen LogP contribution in [0.2, 0.25) is 0 Å². The second-order valence-electron chi connectivity index (χ2n) is 5.05. The zero-order valence-electron chi connectivity index (χ0n) is 11.9. The summed E-state index contributed by atoms with van der Waals surface area (Å²) >= 11 is 0. The van der Waals surface area contributed by atoms with E-state index in [9.17, 15) is 5.11 Å². The normalized spacial score (nSPS) is 11.5. The number of rotatable bonds is 4. The van der Waals surface area contributed by atoms with Gasteiger partial charge in [0.15, 0.2) is 0 Å². The van der Waals surface area contributed by atoms with Crippen LogP contribution in [0.5, 0.6) is 5.75 Å². The van der Waals surface area contributed by atoms with Crippen LogP contribution in [-0.2, 0) is 6.42 Å². The van der Waals surface area contributed by atoms with Gasteiger partial charge in [-0.15, -0.1) is 0 Å². The number of aromatic nitrogens is 2. The molecule has 0 radical (unpaired) electrons. The molecule has 0 fully saturated rings. The van der Waals surface area contributed by atoms with E-state index in [1.54, 1.807) is 12.3 Å². The van der Waals surface area contributed by atoms with Crippen molar-refractivity contribution in [3.63, 3.8) is 0 Å². The zero-order valence-corrected chi connectivity index (χ0v) is 11.9. The molecule has 0 saturated carbocycles.